The molecule has 5 heteroatoms. The summed E-state index contributed by atoms with van der Waals surface area (Å²) in [7, 11) is 2.98. The maximum Gasteiger partial charge on any atom is 0.380 e. The average Bonchev–Trinajstić information content (AvgIpc) is 2.55. The molecule has 1 unspecified atom stereocenters. The molecule has 5 nitrogen and oxygen atoms in total. The van der Waals surface area contributed by atoms with E-state index < -0.39 is 5.97 Å². The van der Waals surface area contributed by atoms with Crippen LogP contribution in [-0.4, -0.2) is 26.3 Å². The predicted molar refractivity (Wildman–Crippen MR) is 84.3 cm³/mol. The molecule has 0 aliphatic heterocycles. The average molecular weight is 310 g/mol. The number of carbonyl (C=O) groups is 1. The van der Waals surface area contributed by atoms with Crippen LogP contribution in [0.3, 0.4) is 0 Å². The highest BCUT2D eigenvalue weighted by molar-refractivity contribution is 5.95. The zero-order chi connectivity index (χ0) is 16.4. The summed E-state index contributed by atoms with van der Waals surface area (Å²) in [6, 6.07) is 5.09. The second-order valence-corrected chi connectivity index (χ2v) is 5.16. The van der Waals surface area contributed by atoms with Gasteiger partial charge in [0, 0.05) is 0 Å². The highest BCUT2D eigenvalue weighted by Crippen LogP contribution is 2.29. The van der Waals surface area contributed by atoms with Crippen molar-refractivity contribution in [1.82, 2.24) is 0 Å². The van der Waals surface area contributed by atoms with Crippen LogP contribution in [0.2, 0.25) is 0 Å². The van der Waals surface area contributed by atoms with Gasteiger partial charge in [-0.1, -0.05) is 38.7 Å². The normalized spacial score (nSPS) is 11.8. The fraction of sp³-hybridized carbons (Fsp3) is 0.588. The second kappa shape index (κ2) is 10.1. The Labute approximate surface area is 132 Å². The second-order valence-electron chi connectivity index (χ2n) is 5.16. The van der Waals surface area contributed by atoms with E-state index in [-0.39, 0.29) is 11.7 Å². The van der Waals surface area contributed by atoms with E-state index >= 15 is 0 Å². The Morgan fingerprint density at radius 1 is 1.09 bits per heavy atom. The lowest BCUT2D eigenvalue weighted by Gasteiger charge is -2.14. The van der Waals surface area contributed by atoms with E-state index in [2.05, 4.69) is 6.92 Å². The van der Waals surface area contributed by atoms with E-state index in [4.69, 9.17) is 19.2 Å². The molecule has 0 heterocycles. The monoisotopic (exact) mass is 310 g/mol. The summed E-state index contributed by atoms with van der Waals surface area (Å²) in [5.74, 6) is 0.168. The van der Waals surface area contributed by atoms with E-state index in [1.165, 1.54) is 33.5 Å². The summed E-state index contributed by atoms with van der Waals surface area (Å²) in [5, 5.41) is 0. The Hall–Kier alpha value is -1.75. The topological polar surface area (TPSA) is 54.0 Å². The molecule has 0 bridgehead atoms. The molecular formula is C17H26O5. The zero-order valence-corrected chi connectivity index (χ0v) is 13.9. The van der Waals surface area contributed by atoms with E-state index in [0.29, 0.717) is 11.5 Å². The third-order valence-electron chi connectivity index (χ3n) is 3.38. The minimum absolute atomic E-state index is 0.137. The molecule has 1 aromatic rings. The third-order valence-corrected chi connectivity index (χ3v) is 3.38. The molecule has 0 radical (unpaired) electrons. The molecule has 1 rings (SSSR count). The third kappa shape index (κ3) is 5.56. The first kappa shape index (κ1) is 18.3. The van der Waals surface area contributed by atoms with Crippen LogP contribution in [0, 0.1) is 0 Å². The largest absolute Gasteiger partial charge is 0.496 e. The highest BCUT2D eigenvalue weighted by Gasteiger charge is 2.21. The Morgan fingerprint density at radius 2 is 1.73 bits per heavy atom. The summed E-state index contributed by atoms with van der Waals surface area (Å²) >= 11 is 0. The van der Waals surface area contributed by atoms with Crippen LogP contribution in [0.25, 0.3) is 0 Å². The Balaban J connectivity index is 2.55. The van der Waals surface area contributed by atoms with Gasteiger partial charge in [0.05, 0.1) is 14.2 Å². The van der Waals surface area contributed by atoms with Crippen molar-refractivity contribution in [3.8, 4) is 11.5 Å². The fourth-order valence-electron chi connectivity index (χ4n) is 2.13. The number of hydrogen-bond donors (Lipinski definition) is 0. The maximum atomic E-state index is 12.2. The van der Waals surface area contributed by atoms with Crippen molar-refractivity contribution in [3.63, 3.8) is 0 Å². The van der Waals surface area contributed by atoms with Gasteiger partial charge in [-0.25, -0.2) is 4.79 Å². The number of methoxy groups -OCH3 is 2. The Kier molecular flexibility index (Phi) is 8.36. The fourth-order valence-corrected chi connectivity index (χ4v) is 2.13. The molecule has 0 aliphatic carbocycles. The summed E-state index contributed by atoms with van der Waals surface area (Å²) in [5.41, 5.74) is 0.227. The van der Waals surface area contributed by atoms with Crippen molar-refractivity contribution in [2.45, 2.75) is 52.1 Å². The zero-order valence-electron chi connectivity index (χ0n) is 13.9. The van der Waals surface area contributed by atoms with Crippen LogP contribution in [0.5, 0.6) is 11.5 Å². The highest BCUT2D eigenvalue weighted by atomic mass is 17.2. The molecule has 1 aromatic carbocycles. The maximum absolute atomic E-state index is 12.2. The lowest BCUT2D eigenvalue weighted by molar-refractivity contribution is -0.271. The van der Waals surface area contributed by atoms with Crippen LogP contribution in [-0.2, 0) is 9.78 Å². The van der Waals surface area contributed by atoms with Gasteiger partial charge >= 0.3 is 5.97 Å². The molecule has 0 spiro atoms. The van der Waals surface area contributed by atoms with Crippen molar-refractivity contribution in [3.05, 3.63) is 23.8 Å². The van der Waals surface area contributed by atoms with Gasteiger partial charge < -0.3 is 9.47 Å². The van der Waals surface area contributed by atoms with Crippen LogP contribution in [0.4, 0.5) is 0 Å². The van der Waals surface area contributed by atoms with E-state index in [9.17, 15) is 4.79 Å². The first-order chi connectivity index (χ1) is 10.6. The molecular weight excluding hydrogens is 284 g/mol. The van der Waals surface area contributed by atoms with Gasteiger partial charge in [0.1, 0.15) is 23.2 Å². The standard InChI is InChI=1S/C17H26O5/c1-5-6-7-8-10-13(2)21-22-17(18)16-14(19-3)11-9-12-15(16)20-4/h9,11-13H,5-8,10H2,1-4H3. The van der Waals surface area contributed by atoms with E-state index in [1.807, 2.05) is 6.92 Å². The van der Waals surface area contributed by atoms with Crippen molar-refractivity contribution in [2.75, 3.05) is 14.2 Å². The van der Waals surface area contributed by atoms with Crippen LogP contribution in [0.15, 0.2) is 18.2 Å². The van der Waals surface area contributed by atoms with Gasteiger partial charge in [-0.2, -0.15) is 4.89 Å². The van der Waals surface area contributed by atoms with Crippen LogP contribution >= 0.6 is 0 Å². The number of hydrogen-bond acceptors (Lipinski definition) is 5. The summed E-state index contributed by atoms with van der Waals surface area (Å²) < 4.78 is 10.3. The molecule has 0 N–H and O–H groups in total. The van der Waals surface area contributed by atoms with Crippen LogP contribution in [0.1, 0.15) is 56.3 Å². The number of carbonyl (C=O) groups excluding carboxylic acids is 1. The molecule has 0 aliphatic rings. The molecule has 0 saturated heterocycles. The lowest BCUT2D eigenvalue weighted by Crippen LogP contribution is -2.15. The minimum atomic E-state index is -0.616. The molecule has 124 valence electrons. The van der Waals surface area contributed by atoms with Gasteiger partial charge in [-0.3, -0.25) is 4.89 Å². The van der Waals surface area contributed by atoms with E-state index in [1.54, 1.807) is 18.2 Å². The first-order valence-electron chi connectivity index (χ1n) is 7.72. The van der Waals surface area contributed by atoms with Gasteiger partial charge in [-0.05, 0) is 25.5 Å². The first-order valence-corrected chi connectivity index (χ1v) is 7.72. The molecule has 0 fully saturated rings. The number of benzene rings is 1. The van der Waals surface area contributed by atoms with Gasteiger partial charge in [0.15, 0.2) is 0 Å². The molecule has 1 atom stereocenters. The summed E-state index contributed by atoms with van der Waals surface area (Å²) in [6.45, 7) is 4.06. The summed E-state index contributed by atoms with van der Waals surface area (Å²) in [6.07, 6.45) is 5.35. The minimum Gasteiger partial charge on any atom is -0.496 e. The molecule has 0 saturated carbocycles. The molecule has 0 amide bonds. The quantitative estimate of drug-likeness (QED) is 0.369. The van der Waals surface area contributed by atoms with Crippen molar-refractivity contribution in [1.29, 1.82) is 0 Å². The van der Waals surface area contributed by atoms with Crippen molar-refractivity contribution >= 4 is 5.97 Å². The SMILES string of the molecule is CCCCCCC(C)OOC(=O)c1c(OC)cccc1OC. The Morgan fingerprint density at radius 3 is 2.27 bits per heavy atom. The van der Waals surface area contributed by atoms with Crippen LogP contribution < -0.4 is 9.47 Å². The Bertz CT molecular complexity index is 436. The molecule has 0 aromatic heterocycles. The number of ether oxygens (including phenoxy) is 2. The van der Waals surface area contributed by atoms with Crippen molar-refractivity contribution in [2.24, 2.45) is 0 Å². The van der Waals surface area contributed by atoms with Gasteiger partial charge in [0.25, 0.3) is 0 Å². The van der Waals surface area contributed by atoms with Gasteiger partial charge in [-0.15, -0.1) is 0 Å². The predicted octanol–water partition coefficient (Wildman–Crippen LogP) is 4.15. The summed E-state index contributed by atoms with van der Waals surface area (Å²) in [4.78, 5) is 22.3. The number of rotatable bonds is 10. The number of unbranched alkanes of at least 4 members (excludes halogenated alkanes) is 3. The van der Waals surface area contributed by atoms with E-state index in [0.717, 1.165) is 12.8 Å². The molecule has 22 heavy (non-hydrogen) atoms. The van der Waals surface area contributed by atoms with Crippen molar-refractivity contribution < 1.29 is 24.0 Å². The lowest BCUT2D eigenvalue weighted by atomic mass is 10.1. The van der Waals surface area contributed by atoms with Gasteiger partial charge in [0.2, 0.25) is 0 Å². The smallest absolute Gasteiger partial charge is 0.380 e.